The topological polar surface area (TPSA) is 141 Å². The molecule has 0 atom stereocenters. The van der Waals surface area contributed by atoms with Crippen molar-refractivity contribution in [3.05, 3.63) is 52.3 Å². The number of amides is 1. The average Bonchev–Trinajstić information content (AvgIpc) is 2.98. The number of imidazole rings is 1. The Morgan fingerprint density at radius 2 is 1.96 bits per heavy atom. The fourth-order valence-corrected chi connectivity index (χ4v) is 2.16. The predicted octanol–water partition coefficient (Wildman–Crippen LogP) is 0.916. The molecule has 4 N–H and O–H groups in total. The molecule has 122 valence electrons. The van der Waals surface area contributed by atoms with E-state index in [1.807, 2.05) is 0 Å². The number of benzene rings is 1. The van der Waals surface area contributed by atoms with Crippen molar-refractivity contribution in [2.24, 2.45) is 0 Å². The predicted molar refractivity (Wildman–Crippen MR) is 84.9 cm³/mol. The molecule has 9 heteroatoms. The van der Waals surface area contributed by atoms with Gasteiger partial charge in [0.2, 0.25) is 5.91 Å². The van der Waals surface area contributed by atoms with Crippen molar-refractivity contribution in [2.75, 3.05) is 5.32 Å². The highest BCUT2D eigenvalue weighted by atomic mass is 16.4. The average molecular weight is 327 g/mol. The number of carboxylic acid groups (broad SMARTS) is 1. The molecule has 0 radical (unpaired) electrons. The van der Waals surface area contributed by atoms with Gasteiger partial charge in [-0.2, -0.15) is 0 Å². The van der Waals surface area contributed by atoms with E-state index < -0.39 is 5.97 Å². The van der Waals surface area contributed by atoms with Crippen molar-refractivity contribution in [1.29, 1.82) is 0 Å². The van der Waals surface area contributed by atoms with Crippen molar-refractivity contribution < 1.29 is 14.7 Å². The summed E-state index contributed by atoms with van der Waals surface area (Å²) in [5.74, 6) is -0.785. The Bertz CT molecular complexity index is 958. The SMILES string of the molecule is O=C(CCc1nc2nc[nH]c(=O)c2[nH]1)Nc1ccc(C(=O)O)cc1. The maximum absolute atomic E-state index is 11.9. The fourth-order valence-electron chi connectivity index (χ4n) is 2.16. The number of carbonyl (C=O) groups excluding carboxylic acids is 1. The number of hydrogen-bond acceptors (Lipinski definition) is 5. The third-order valence-corrected chi connectivity index (χ3v) is 3.35. The smallest absolute Gasteiger partial charge is 0.335 e. The van der Waals surface area contributed by atoms with Gasteiger partial charge in [0.15, 0.2) is 11.2 Å². The Labute approximate surface area is 134 Å². The lowest BCUT2D eigenvalue weighted by Crippen LogP contribution is -2.13. The zero-order valence-corrected chi connectivity index (χ0v) is 12.4. The van der Waals surface area contributed by atoms with Gasteiger partial charge in [-0.25, -0.2) is 14.8 Å². The molecule has 0 aliphatic rings. The normalized spacial score (nSPS) is 10.7. The molecule has 0 unspecified atom stereocenters. The highest BCUT2D eigenvalue weighted by molar-refractivity contribution is 5.92. The molecule has 0 spiro atoms. The molecule has 0 fully saturated rings. The number of fused-ring (bicyclic) bond motifs is 1. The largest absolute Gasteiger partial charge is 0.478 e. The van der Waals surface area contributed by atoms with E-state index in [0.29, 0.717) is 23.6 Å². The number of carbonyl (C=O) groups is 2. The highest BCUT2D eigenvalue weighted by Crippen LogP contribution is 2.11. The van der Waals surface area contributed by atoms with Crippen molar-refractivity contribution >= 4 is 28.7 Å². The van der Waals surface area contributed by atoms with E-state index in [1.54, 1.807) is 0 Å². The summed E-state index contributed by atoms with van der Waals surface area (Å²) in [7, 11) is 0. The first-order chi connectivity index (χ1) is 11.5. The molecule has 1 aromatic carbocycles. The van der Waals surface area contributed by atoms with E-state index >= 15 is 0 Å². The minimum Gasteiger partial charge on any atom is -0.478 e. The minimum absolute atomic E-state index is 0.146. The number of aryl methyl sites for hydroxylation is 1. The van der Waals surface area contributed by atoms with E-state index in [-0.39, 0.29) is 29.0 Å². The van der Waals surface area contributed by atoms with Crippen LogP contribution in [0.15, 0.2) is 35.4 Å². The Morgan fingerprint density at radius 3 is 2.62 bits per heavy atom. The number of aromatic nitrogens is 4. The van der Waals surface area contributed by atoms with Crippen LogP contribution in [0.4, 0.5) is 5.69 Å². The summed E-state index contributed by atoms with van der Waals surface area (Å²) in [5, 5.41) is 11.5. The van der Waals surface area contributed by atoms with Gasteiger partial charge in [-0.3, -0.25) is 9.59 Å². The number of rotatable bonds is 5. The van der Waals surface area contributed by atoms with Crippen molar-refractivity contribution in [3.8, 4) is 0 Å². The molecule has 0 aliphatic heterocycles. The Hall–Kier alpha value is -3.49. The van der Waals surface area contributed by atoms with E-state index in [2.05, 4.69) is 25.3 Å². The first kappa shape index (κ1) is 15.4. The van der Waals surface area contributed by atoms with Crippen LogP contribution in [0.3, 0.4) is 0 Å². The van der Waals surface area contributed by atoms with Crippen molar-refractivity contribution in [2.45, 2.75) is 12.8 Å². The highest BCUT2D eigenvalue weighted by Gasteiger charge is 2.10. The second-order valence-corrected chi connectivity index (χ2v) is 5.04. The second-order valence-electron chi connectivity index (χ2n) is 5.04. The number of H-pyrrole nitrogens is 2. The maximum atomic E-state index is 11.9. The quantitative estimate of drug-likeness (QED) is 0.549. The first-order valence-electron chi connectivity index (χ1n) is 7.08. The van der Waals surface area contributed by atoms with Gasteiger partial charge < -0.3 is 20.4 Å². The first-order valence-corrected chi connectivity index (χ1v) is 7.08. The zero-order chi connectivity index (χ0) is 17.1. The van der Waals surface area contributed by atoms with Gasteiger partial charge in [0.1, 0.15) is 5.82 Å². The lowest BCUT2D eigenvalue weighted by Gasteiger charge is -2.04. The number of aromatic amines is 2. The molecule has 0 saturated heterocycles. The van der Waals surface area contributed by atoms with Crippen LogP contribution < -0.4 is 10.9 Å². The summed E-state index contributed by atoms with van der Waals surface area (Å²) >= 11 is 0. The summed E-state index contributed by atoms with van der Waals surface area (Å²) in [4.78, 5) is 47.6. The van der Waals surface area contributed by atoms with Crippen LogP contribution in [0.2, 0.25) is 0 Å². The van der Waals surface area contributed by atoms with Crippen LogP contribution in [-0.4, -0.2) is 36.9 Å². The van der Waals surface area contributed by atoms with Gasteiger partial charge in [0.25, 0.3) is 5.56 Å². The third-order valence-electron chi connectivity index (χ3n) is 3.35. The second kappa shape index (κ2) is 6.32. The van der Waals surface area contributed by atoms with Crippen LogP contribution in [-0.2, 0) is 11.2 Å². The summed E-state index contributed by atoms with van der Waals surface area (Å²) in [5.41, 5.74) is 0.915. The number of anilines is 1. The fraction of sp³-hybridized carbons (Fsp3) is 0.133. The van der Waals surface area contributed by atoms with Gasteiger partial charge in [0.05, 0.1) is 11.9 Å². The van der Waals surface area contributed by atoms with Crippen molar-refractivity contribution in [1.82, 2.24) is 19.9 Å². The third kappa shape index (κ3) is 3.29. The van der Waals surface area contributed by atoms with Crippen LogP contribution in [0.25, 0.3) is 11.2 Å². The molecule has 9 nitrogen and oxygen atoms in total. The molecule has 3 rings (SSSR count). The van der Waals surface area contributed by atoms with Gasteiger partial charge in [-0.1, -0.05) is 0 Å². The minimum atomic E-state index is -1.03. The van der Waals surface area contributed by atoms with E-state index in [0.717, 1.165) is 0 Å². The van der Waals surface area contributed by atoms with Crippen LogP contribution in [0, 0.1) is 0 Å². The van der Waals surface area contributed by atoms with Crippen LogP contribution in [0.1, 0.15) is 22.6 Å². The zero-order valence-electron chi connectivity index (χ0n) is 12.4. The monoisotopic (exact) mass is 327 g/mol. The standard InChI is InChI=1S/C15H13N5O4/c21-11(18-9-3-1-8(2-4-9)15(23)24)6-5-10-19-12-13(20-10)16-7-17-14(12)22/h1-4,7H,5-6H2,(H,18,21)(H,23,24)(H2,16,17,19,20,22). The van der Waals surface area contributed by atoms with E-state index in [4.69, 9.17) is 5.11 Å². The van der Waals surface area contributed by atoms with Crippen LogP contribution >= 0.6 is 0 Å². The molecule has 0 saturated carbocycles. The molecule has 24 heavy (non-hydrogen) atoms. The summed E-state index contributed by atoms with van der Waals surface area (Å²) in [6.07, 6.45) is 1.73. The van der Waals surface area contributed by atoms with Gasteiger partial charge in [0, 0.05) is 18.5 Å². The molecule has 2 heterocycles. The number of aromatic carboxylic acids is 1. The van der Waals surface area contributed by atoms with Crippen LogP contribution in [0.5, 0.6) is 0 Å². The number of hydrogen-bond donors (Lipinski definition) is 4. The van der Waals surface area contributed by atoms with E-state index in [1.165, 1.54) is 30.6 Å². The number of nitrogens with zero attached hydrogens (tertiary/aromatic N) is 2. The molecule has 1 amide bonds. The maximum Gasteiger partial charge on any atom is 0.335 e. The van der Waals surface area contributed by atoms with Gasteiger partial charge in [-0.05, 0) is 24.3 Å². The molecular formula is C15H13N5O4. The Morgan fingerprint density at radius 1 is 1.21 bits per heavy atom. The summed E-state index contributed by atoms with van der Waals surface area (Å²) in [6.45, 7) is 0. The lowest BCUT2D eigenvalue weighted by atomic mass is 10.2. The summed E-state index contributed by atoms with van der Waals surface area (Å²) in [6, 6.07) is 5.86. The molecular weight excluding hydrogens is 314 g/mol. The van der Waals surface area contributed by atoms with Gasteiger partial charge >= 0.3 is 5.97 Å². The molecule has 0 bridgehead atoms. The molecule has 3 aromatic rings. The summed E-state index contributed by atoms with van der Waals surface area (Å²) < 4.78 is 0. The van der Waals surface area contributed by atoms with Crippen molar-refractivity contribution in [3.63, 3.8) is 0 Å². The van der Waals surface area contributed by atoms with E-state index in [9.17, 15) is 14.4 Å². The van der Waals surface area contributed by atoms with Gasteiger partial charge in [-0.15, -0.1) is 0 Å². The Balaban J connectivity index is 1.61. The number of carboxylic acids is 1. The lowest BCUT2D eigenvalue weighted by molar-refractivity contribution is -0.116. The molecule has 0 aliphatic carbocycles. The number of nitrogens with one attached hydrogen (secondary N) is 3. The molecule has 2 aromatic heterocycles. The Kier molecular flexibility index (Phi) is 4.06.